The molecule has 5 heterocycles. The predicted molar refractivity (Wildman–Crippen MR) is 105 cm³/mol. The predicted octanol–water partition coefficient (Wildman–Crippen LogP) is 3.19. The molecule has 4 aromatic heterocycles. The van der Waals surface area contributed by atoms with Crippen molar-refractivity contribution in [2.75, 3.05) is 25.5 Å². The summed E-state index contributed by atoms with van der Waals surface area (Å²) >= 11 is 0. The molecule has 2 N–H and O–H groups in total. The van der Waals surface area contributed by atoms with Gasteiger partial charge >= 0.3 is 6.18 Å². The van der Waals surface area contributed by atoms with Gasteiger partial charge in [-0.05, 0) is 38.6 Å². The molecule has 5 rings (SSSR count). The van der Waals surface area contributed by atoms with E-state index in [2.05, 4.69) is 35.5 Å². The van der Waals surface area contributed by atoms with Crippen LogP contribution >= 0.6 is 0 Å². The van der Waals surface area contributed by atoms with E-state index < -0.39 is 11.7 Å². The van der Waals surface area contributed by atoms with Gasteiger partial charge in [-0.25, -0.2) is 14.5 Å². The molecule has 0 amide bonds. The number of H-pyrrole nitrogens is 1. The van der Waals surface area contributed by atoms with Gasteiger partial charge in [0, 0.05) is 25.0 Å². The van der Waals surface area contributed by atoms with Crippen molar-refractivity contribution in [3.63, 3.8) is 0 Å². The van der Waals surface area contributed by atoms with Gasteiger partial charge in [0.25, 0.3) is 0 Å². The highest BCUT2D eigenvalue weighted by Crippen LogP contribution is 2.38. The van der Waals surface area contributed by atoms with E-state index in [4.69, 9.17) is 0 Å². The Morgan fingerprint density at radius 1 is 1.23 bits per heavy atom. The number of nitrogens with one attached hydrogen (secondary N) is 2. The summed E-state index contributed by atoms with van der Waals surface area (Å²) in [5.41, 5.74) is -0.0610. The van der Waals surface area contributed by atoms with E-state index in [-0.39, 0.29) is 23.4 Å². The van der Waals surface area contributed by atoms with E-state index in [0.29, 0.717) is 16.6 Å². The smallest absolute Gasteiger partial charge is 0.350 e. The van der Waals surface area contributed by atoms with Crippen LogP contribution in [0, 0.1) is 0 Å². The standard InChI is InChI=1S/C19H19F3N8/c1-29-7-4-5-11(10-29)24-18-23-9-12(19(20,21)22)15(25-18)16-14-13-6-2-3-8-30(13)28-17(14)27-26-16/h2-3,6,8-9,11H,4-5,7,10H2,1H3,(H,27,28)(H,23,24,25)/t11-/m0/s1. The number of halogens is 3. The molecule has 0 spiro atoms. The molecule has 0 unspecified atom stereocenters. The lowest BCUT2D eigenvalue weighted by atomic mass is 10.1. The Hall–Kier alpha value is -3.21. The molecular formula is C19H19F3N8. The van der Waals surface area contributed by atoms with E-state index in [9.17, 15) is 13.2 Å². The van der Waals surface area contributed by atoms with E-state index in [1.165, 1.54) is 0 Å². The Bertz CT molecular complexity index is 1210. The number of hydrogen-bond acceptors (Lipinski definition) is 6. The van der Waals surface area contributed by atoms with Crippen LogP contribution in [0.15, 0.2) is 30.6 Å². The number of fused-ring (bicyclic) bond motifs is 3. The monoisotopic (exact) mass is 416 g/mol. The Morgan fingerprint density at radius 2 is 2.10 bits per heavy atom. The summed E-state index contributed by atoms with van der Waals surface area (Å²) in [4.78, 5) is 10.4. The molecule has 1 aliphatic rings. The number of pyridine rings is 1. The van der Waals surface area contributed by atoms with Crippen LogP contribution in [0.3, 0.4) is 0 Å². The van der Waals surface area contributed by atoms with Crippen molar-refractivity contribution < 1.29 is 13.2 Å². The zero-order valence-electron chi connectivity index (χ0n) is 16.1. The summed E-state index contributed by atoms with van der Waals surface area (Å²) in [6.45, 7) is 1.78. The number of piperidine rings is 1. The number of aromatic amines is 1. The molecule has 4 aromatic rings. The van der Waals surface area contributed by atoms with Gasteiger partial charge in [-0.2, -0.15) is 18.3 Å². The second kappa shape index (κ2) is 6.94. The number of rotatable bonds is 3. The van der Waals surface area contributed by atoms with Gasteiger partial charge < -0.3 is 10.2 Å². The van der Waals surface area contributed by atoms with Gasteiger partial charge in [-0.15, -0.1) is 5.10 Å². The number of hydrogen-bond donors (Lipinski definition) is 2. The molecule has 0 bridgehead atoms. The summed E-state index contributed by atoms with van der Waals surface area (Å²) < 4.78 is 42.9. The SMILES string of the molecule is CN1CCC[C@H](Nc2ncc(C(F)(F)F)c(-c3n[nH]c4nn5ccccc5c34)n2)C1. The van der Waals surface area contributed by atoms with E-state index in [1.807, 2.05) is 7.05 Å². The highest BCUT2D eigenvalue weighted by molar-refractivity contribution is 6.02. The van der Waals surface area contributed by atoms with Crippen LogP contribution in [0.4, 0.5) is 19.1 Å². The first kappa shape index (κ1) is 18.8. The number of likely N-dealkylation sites (tertiary alicyclic amines) is 1. The molecule has 0 radical (unpaired) electrons. The van der Waals surface area contributed by atoms with Crippen LogP contribution in [-0.4, -0.2) is 60.9 Å². The molecule has 156 valence electrons. The van der Waals surface area contributed by atoms with Crippen LogP contribution < -0.4 is 5.32 Å². The van der Waals surface area contributed by atoms with Crippen molar-refractivity contribution in [1.29, 1.82) is 0 Å². The topological polar surface area (TPSA) is 87.0 Å². The molecule has 1 aliphatic heterocycles. The third-order valence-corrected chi connectivity index (χ3v) is 5.33. The fourth-order valence-electron chi connectivity index (χ4n) is 3.95. The number of alkyl halides is 3. The van der Waals surface area contributed by atoms with Crippen LogP contribution in [0.5, 0.6) is 0 Å². The highest BCUT2D eigenvalue weighted by atomic mass is 19.4. The maximum Gasteiger partial charge on any atom is 0.420 e. The first-order valence-corrected chi connectivity index (χ1v) is 9.61. The van der Waals surface area contributed by atoms with Gasteiger partial charge in [0.15, 0.2) is 5.65 Å². The lowest BCUT2D eigenvalue weighted by Gasteiger charge is -2.30. The zero-order chi connectivity index (χ0) is 20.9. The fraction of sp³-hybridized carbons (Fsp3) is 0.368. The average Bonchev–Trinajstić information content (AvgIpc) is 3.26. The van der Waals surface area contributed by atoms with Crippen molar-refractivity contribution in [3.05, 3.63) is 36.2 Å². The zero-order valence-corrected chi connectivity index (χ0v) is 16.1. The lowest BCUT2D eigenvalue weighted by molar-refractivity contribution is -0.137. The van der Waals surface area contributed by atoms with E-state index in [0.717, 1.165) is 32.1 Å². The van der Waals surface area contributed by atoms with Crippen LogP contribution in [0.25, 0.3) is 27.9 Å². The van der Waals surface area contributed by atoms with Crippen molar-refractivity contribution in [3.8, 4) is 11.4 Å². The van der Waals surface area contributed by atoms with Crippen molar-refractivity contribution in [2.45, 2.75) is 25.1 Å². The molecule has 8 nitrogen and oxygen atoms in total. The highest BCUT2D eigenvalue weighted by Gasteiger charge is 2.37. The van der Waals surface area contributed by atoms with E-state index in [1.54, 1.807) is 28.9 Å². The third kappa shape index (κ3) is 3.24. The third-order valence-electron chi connectivity index (χ3n) is 5.33. The molecule has 11 heteroatoms. The Labute approximate surface area is 169 Å². The first-order valence-electron chi connectivity index (χ1n) is 9.61. The minimum atomic E-state index is -4.62. The number of aromatic nitrogens is 6. The van der Waals surface area contributed by atoms with E-state index >= 15 is 0 Å². The lowest BCUT2D eigenvalue weighted by Crippen LogP contribution is -2.40. The molecule has 0 saturated carbocycles. The maximum absolute atomic E-state index is 13.8. The van der Waals surface area contributed by atoms with Gasteiger partial charge in [0.05, 0.1) is 10.9 Å². The molecule has 0 aliphatic carbocycles. The second-order valence-corrected chi connectivity index (χ2v) is 7.53. The molecule has 1 saturated heterocycles. The summed E-state index contributed by atoms with van der Waals surface area (Å²) in [6, 6.07) is 5.44. The quantitative estimate of drug-likeness (QED) is 0.534. The normalized spacial score (nSPS) is 18.3. The van der Waals surface area contributed by atoms with Crippen LogP contribution in [0.1, 0.15) is 18.4 Å². The largest absolute Gasteiger partial charge is 0.420 e. The molecular weight excluding hydrogens is 397 g/mol. The van der Waals surface area contributed by atoms with Crippen LogP contribution in [-0.2, 0) is 6.18 Å². The molecule has 0 aromatic carbocycles. The number of anilines is 1. The van der Waals surface area contributed by atoms with Gasteiger partial charge in [-0.3, -0.25) is 5.10 Å². The van der Waals surface area contributed by atoms with Crippen molar-refractivity contribution in [2.24, 2.45) is 0 Å². The first-order chi connectivity index (χ1) is 14.4. The molecule has 1 atom stereocenters. The minimum absolute atomic E-state index is 0.0736. The summed E-state index contributed by atoms with van der Waals surface area (Å²) in [7, 11) is 2.01. The van der Waals surface area contributed by atoms with Gasteiger partial charge in [0.2, 0.25) is 5.95 Å². The Kier molecular flexibility index (Phi) is 4.35. The van der Waals surface area contributed by atoms with Crippen molar-refractivity contribution in [1.82, 2.24) is 34.7 Å². The summed E-state index contributed by atoms with van der Waals surface area (Å²) in [5, 5.41) is 14.8. The summed E-state index contributed by atoms with van der Waals surface area (Å²) in [5.74, 6) is 0.158. The van der Waals surface area contributed by atoms with Crippen molar-refractivity contribution >= 4 is 22.5 Å². The molecule has 1 fully saturated rings. The number of nitrogens with zero attached hydrogens (tertiary/aromatic N) is 6. The van der Waals surface area contributed by atoms with Gasteiger partial charge in [0.1, 0.15) is 17.0 Å². The molecule has 30 heavy (non-hydrogen) atoms. The Balaban J connectivity index is 1.63. The fourth-order valence-corrected chi connectivity index (χ4v) is 3.95. The van der Waals surface area contributed by atoms with Crippen LogP contribution in [0.2, 0.25) is 0 Å². The minimum Gasteiger partial charge on any atom is -0.350 e. The number of likely N-dealkylation sites (N-methyl/N-ethyl adjacent to an activating group) is 1. The average molecular weight is 416 g/mol. The summed E-state index contributed by atoms with van der Waals surface area (Å²) in [6.07, 6.45) is -0.157. The second-order valence-electron chi connectivity index (χ2n) is 7.53. The van der Waals surface area contributed by atoms with Gasteiger partial charge in [-0.1, -0.05) is 6.07 Å². The maximum atomic E-state index is 13.8. The Morgan fingerprint density at radius 3 is 2.90 bits per heavy atom.